The fourth-order valence-corrected chi connectivity index (χ4v) is 3.10. The lowest BCUT2D eigenvalue weighted by molar-refractivity contribution is 0.173. The molecule has 0 bridgehead atoms. The number of benzene rings is 2. The summed E-state index contributed by atoms with van der Waals surface area (Å²) in [7, 11) is 0. The molecular weight excluding hydrogens is 272 g/mol. The Balaban J connectivity index is 1.68. The molecule has 4 N–H and O–H groups in total. The van der Waals surface area contributed by atoms with Crippen LogP contribution in [0.3, 0.4) is 0 Å². The van der Waals surface area contributed by atoms with Crippen LogP contribution in [0.25, 0.3) is 0 Å². The molecule has 22 heavy (non-hydrogen) atoms. The standard InChI is InChI=1S/C18H24N4/c19-12-18-14-22(17-8-4-7-16(20)11-17)10-9-21(18)13-15-5-2-1-3-6-15/h1-8,11,18H,9-10,12-14,19-20H2. The van der Waals surface area contributed by atoms with E-state index in [1.165, 1.54) is 11.3 Å². The molecule has 1 fully saturated rings. The molecule has 0 aromatic heterocycles. The Kier molecular flexibility index (Phi) is 4.61. The average Bonchev–Trinajstić information content (AvgIpc) is 2.56. The summed E-state index contributed by atoms with van der Waals surface area (Å²) in [5.74, 6) is 0. The predicted octanol–water partition coefficient (Wildman–Crippen LogP) is 1.92. The lowest BCUT2D eigenvalue weighted by Crippen LogP contribution is -2.55. The van der Waals surface area contributed by atoms with Crippen LogP contribution in [0.1, 0.15) is 5.56 Å². The van der Waals surface area contributed by atoms with Gasteiger partial charge in [0.25, 0.3) is 0 Å². The van der Waals surface area contributed by atoms with Gasteiger partial charge in [-0.1, -0.05) is 36.4 Å². The first kappa shape index (κ1) is 14.9. The zero-order chi connectivity index (χ0) is 15.4. The maximum absolute atomic E-state index is 6.02. The van der Waals surface area contributed by atoms with Crippen molar-refractivity contribution in [2.75, 3.05) is 36.8 Å². The van der Waals surface area contributed by atoms with Gasteiger partial charge in [-0.2, -0.15) is 0 Å². The van der Waals surface area contributed by atoms with Gasteiger partial charge in [-0.25, -0.2) is 0 Å². The highest BCUT2D eigenvalue weighted by atomic mass is 15.3. The maximum atomic E-state index is 6.02. The van der Waals surface area contributed by atoms with E-state index in [4.69, 9.17) is 11.5 Å². The quantitative estimate of drug-likeness (QED) is 0.846. The number of nitrogens with two attached hydrogens (primary N) is 2. The Morgan fingerprint density at radius 3 is 2.55 bits per heavy atom. The van der Waals surface area contributed by atoms with Crippen LogP contribution in [0.4, 0.5) is 11.4 Å². The van der Waals surface area contributed by atoms with Crippen molar-refractivity contribution in [2.24, 2.45) is 5.73 Å². The second-order valence-corrected chi connectivity index (χ2v) is 5.89. The summed E-state index contributed by atoms with van der Waals surface area (Å²) in [6, 6.07) is 19.1. The van der Waals surface area contributed by atoms with Crippen LogP contribution in [0.15, 0.2) is 54.6 Å². The average molecular weight is 296 g/mol. The number of nitrogen functional groups attached to an aromatic ring is 1. The summed E-state index contributed by atoms with van der Waals surface area (Å²) >= 11 is 0. The van der Waals surface area contributed by atoms with Gasteiger partial charge in [-0.15, -0.1) is 0 Å². The molecule has 1 heterocycles. The van der Waals surface area contributed by atoms with E-state index in [0.717, 1.165) is 31.9 Å². The number of anilines is 2. The zero-order valence-electron chi connectivity index (χ0n) is 12.9. The third-order valence-corrected chi connectivity index (χ3v) is 4.34. The minimum absolute atomic E-state index is 0.371. The Bertz CT molecular complexity index is 599. The summed E-state index contributed by atoms with van der Waals surface area (Å²) in [6.07, 6.45) is 0. The van der Waals surface area contributed by atoms with Crippen LogP contribution in [0, 0.1) is 0 Å². The van der Waals surface area contributed by atoms with E-state index in [-0.39, 0.29) is 0 Å². The molecule has 1 aliphatic rings. The van der Waals surface area contributed by atoms with Crippen molar-refractivity contribution < 1.29 is 0 Å². The van der Waals surface area contributed by atoms with Crippen LogP contribution in [0.5, 0.6) is 0 Å². The van der Waals surface area contributed by atoms with Crippen LogP contribution in [0.2, 0.25) is 0 Å². The molecule has 1 atom stereocenters. The molecule has 2 aromatic carbocycles. The molecule has 0 spiro atoms. The summed E-state index contributed by atoms with van der Waals surface area (Å²) in [6.45, 7) is 4.62. The molecule has 0 aliphatic carbocycles. The van der Waals surface area contributed by atoms with Crippen molar-refractivity contribution in [3.8, 4) is 0 Å². The summed E-state index contributed by atoms with van der Waals surface area (Å²) < 4.78 is 0. The Morgan fingerprint density at radius 2 is 1.82 bits per heavy atom. The van der Waals surface area contributed by atoms with E-state index in [2.05, 4.69) is 46.2 Å². The first-order valence-corrected chi connectivity index (χ1v) is 7.85. The van der Waals surface area contributed by atoms with Gasteiger partial charge in [0.2, 0.25) is 0 Å². The largest absolute Gasteiger partial charge is 0.399 e. The molecule has 0 saturated carbocycles. The summed E-state index contributed by atoms with van der Waals surface area (Å²) in [5.41, 5.74) is 15.3. The SMILES string of the molecule is NCC1CN(c2cccc(N)c2)CCN1Cc1ccccc1. The molecule has 4 heteroatoms. The third-order valence-electron chi connectivity index (χ3n) is 4.34. The maximum Gasteiger partial charge on any atom is 0.0398 e. The van der Waals surface area contributed by atoms with E-state index in [0.29, 0.717) is 12.6 Å². The van der Waals surface area contributed by atoms with Crippen molar-refractivity contribution in [1.82, 2.24) is 4.90 Å². The van der Waals surface area contributed by atoms with E-state index < -0.39 is 0 Å². The highest BCUT2D eigenvalue weighted by Gasteiger charge is 2.26. The summed E-state index contributed by atoms with van der Waals surface area (Å²) in [4.78, 5) is 4.87. The minimum atomic E-state index is 0.371. The van der Waals surface area contributed by atoms with Crippen molar-refractivity contribution in [3.05, 3.63) is 60.2 Å². The van der Waals surface area contributed by atoms with Crippen LogP contribution in [-0.4, -0.2) is 37.1 Å². The van der Waals surface area contributed by atoms with Crippen molar-refractivity contribution >= 4 is 11.4 Å². The van der Waals surface area contributed by atoms with Crippen molar-refractivity contribution in [3.63, 3.8) is 0 Å². The molecule has 4 nitrogen and oxygen atoms in total. The Labute approximate surface area is 132 Å². The van der Waals surface area contributed by atoms with Crippen LogP contribution >= 0.6 is 0 Å². The number of nitrogens with zero attached hydrogens (tertiary/aromatic N) is 2. The highest BCUT2D eigenvalue weighted by Crippen LogP contribution is 2.22. The second kappa shape index (κ2) is 6.81. The lowest BCUT2D eigenvalue weighted by atomic mass is 10.1. The lowest BCUT2D eigenvalue weighted by Gasteiger charge is -2.42. The van der Waals surface area contributed by atoms with Gasteiger partial charge in [0, 0.05) is 50.1 Å². The molecule has 1 unspecified atom stereocenters. The number of hydrogen-bond acceptors (Lipinski definition) is 4. The van der Waals surface area contributed by atoms with Crippen molar-refractivity contribution in [2.45, 2.75) is 12.6 Å². The van der Waals surface area contributed by atoms with Gasteiger partial charge in [0.15, 0.2) is 0 Å². The van der Waals surface area contributed by atoms with Gasteiger partial charge in [0.1, 0.15) is 0 Å². The van der Waals surface area contributed by atoms with Crippen molar-refractivity contribution in [1.29, 1.82) is 0 Å². The predicted molar refractivity (Wildman–Crippen MR) is 92.8 cm³/mol. The molecule has 116 valence electrons. The summed E-state index contributed by atoms with van der Waals surface area (Å²) in [5, 5.41) is 0. The molecule has 1 aliphatic heterocycles. The smallest absolute Gasteiger partial charge is 0.0398 e. The van der Waals surface area contributed by atoms with E-state index in [1.54, 1.807) is 0 Å². The Hall–Kier alpha value is -2.04. The topological polar surface area (TPSA) is 58.5 Å². The van der Waals surface area contributed by atoms with Gasteiger partial charge in [-0.05, 0) is 23.8 Å². The van der Waals surface area contributed by atoms with Gasteiger partial charge >= 0.3 is 0 Å². The normalized spacial score (nSPS) is 19.3. The van der Waals surface area contributed by atoms with Crippen LogP contribution < -0.4 is 16.4 Å². The van der Waals surface area contributed by atoms with E-state index in [1.807, 2.05) is 18.2 Å². The van der Waals surface area contributed by atoms with Crippen LogP contribution in [-0.2, 0) is 6.54 Å². The molecule has 0 amide bonds. The highest BCUT2D eigenvalue weighted by molar-refractivity contribution is 5.56. The second-order valence-electron chi connectivity index (χ2n) is 5.89. The first-order valence-electron chi connectivity index (χ1n) is 7.85. The number of hydrogen-bond donors (Lipinski definition) is 2. The molecule has 3 rings (SSSR count). The van der Waals surface area contributed by atoms with E-state index >= 15 is 0 Å². The van der Waals surface area contributed by atoms with Gasteiger partial charge in [0.05, 0.1) is 0 Å². The molecular formula is C18H24N4. The monoisotopic (exact) mass is 296 g/mol. The van der Waals surface area contributed by atoms with E-state index in [9.17, 15) is 0 Å². The first-order chi connectivity index (χ1) is 10.8. The third kappa shape index (κ3) is 3.40. The molecule has 2 aromatic rings. The fraction of sp³-hybridized carbons (Fsp3) is 0.333. The minimum Gasteiger partial charge on any atom is -0.399 e. The molecule has 1 saturated heterocycles. The zero-order valence-corrected chi connectivity index (χ0v) is 12.9. The number of rotatable bonds is 4. The Morgan fingerprint density at radius 1 is 1.00 bits per heavy atom. The fourth-order valence-electron chi connectivity index (χ4n) is 3.10. The van der Waals surface area contributed by atoms with Gasteiger partial charge in [-0.3, -0.25) is 4.90 Å². The number of piperazine rings is 1. The van der Waals surface area contributed by atoms with Gasteiger partial charge < -0.3 is 16.4 Å². The molecule has 0 radical (unpaired) electrons.